The SMILES string of the molecule is CCc1ccc(-c2cn3c(CC(=O)NCCNC(C)=O)csc3n2)cc1. The number of aromatic nitrogens is 2. The first-order valence-corrected chi connectivity index (χ1v) is 9.50. The molecule has 2 heterocycles. The molecule has 6 nitrogen and oxygen atoms in total. The number of rotatable bonds is 7. The van der Waals surface area contributed by atoms with Crippen LogP contribution in [0.5, 0.6) is 0 Å². The minimum atomic E-state index is -0.100. The van der Waals surface area contributed by atoms with E-state index in [0.717, 1.165) is 28.3 Å². The van der Waals surface area contributed by atoms with Crippen LogP contribution in [0.2, 0.25) is 0 Å². The van der Waals surface area contributed by atoms with Gasteiger partial charge in [0.15, 0.2) is 4.96 Å². The summed E-state index contributed by atoms with van der Waals surface area (Å²) >= 11 is 1.53. The summed E-state index contributed by atoms with van der Waals surface area (Å²) in [6.07, 6.45) is 3.27. The van der Waals surface area contributed by atoms with E-state index in [2.05, 4.69) is 46.8 Å². The second-order valence-corrected chi connectivity index (χ2v) is 6.90. The lowest BCUT2D eigenvalue weighted by molar-refractivity contribution is -0.121. The van der Waals surface area contributed by atoms with Crippen molar-refractivity contribution in [3.63, 3.8) is 0 Å². The highest BCUT2D eigenvalue weighted by Crippen LogP contribution is 2.24. The van der Waals surface area contributed by atoms with Crippen molar-refractivity contribution in [2.75, 3.05) is 13.1 Å². The molecule has 0 aliphatic rings. The molecule has 0 aliphatic carbocycles. The second-order valence-electron chi connectivity index (χ2n) is 6.07. The molecular weight excluding hydrogens is 348 g/mol. The molecule has 2 N–H and O–H groups in total. The Kier molecular flexibility index (Phi) is 5.68. The van der Waals surface area contributed by atoms with E-state index in [1.807, 2.05) is 16.0 Å². The van der Waals surface area contributed by atoms with Crippen molar-refractivity contribution in [3.8, 4) is 11.3 Å². The smallest absolute Gasteiger partial charge is 0.226 e. The number of nitrogens with one attached hydrogen (secondary N) is 2. The van der Waals surface area contributed by atoms with Gasteiger partial charge in [0, 0.05) is 42.8 Å². The molecule has 1 aromatic carbocycles. The van der Waals surface area contributed by atoms with Gasteiger partial charge in [0.25, 0.3) is 0 Å². The zero-order valence-electron chi connectivity index (χ0n) is 14.9. The zero-order chi connectivity index (χ0) is 18.5. The van der Waals surface area contributed by atoms with Crippen LogP contribution in [0, 0.1) is 0 Å². The van der Waals surface area contributed by atoms with E-state index in [0.29, 0.717) is 13.1 Å². The van der Waals surface area contributed by atoms with Gasteiger partial charge in [0.1, 0.15) is 0 Å². The Morgan fingerprint density at radius 1 is 1.15 bits per heavy atom. The van der Waals surface area contributed by atoms with Crippen LogP contribution in [0.25, 0.3) is 16.2 Å². The summed E-state index contributed by atoms with van der Waals surface area (Å²) in [6.45, 7) is 4.44. The first-order chi connectivity index (χ1) is 12.6. The van der Waals surface area contributed by atoms with Gasteiger partial charge >= 0.3 is 0 Å². The lowest BCUT2D eigenvalue weighted by Gasteiger charge is -2.05. The van der Waals surface area contributed by atoms with Gasteiger partial charge in [-0.25, -0.2) is 4.98 Å². The molecule has 3 aromatic rings. The van der Waals surface area contributed by atoms with E-state index in [1.54, 1.807) is 0 Å². The largest absolute Gasteiger partial charge is 0.355 e. The van der Waals surface area contributed by atoms with Crippen molar-refractivity contribution in [2.24, 2.45) is 0 Å². The first kappa shape index (κ1) is 18.1. The number of nitrogens with zero attached hydrogens (tertiary/aromatic N) is 2. The average Bonchev–Trinajstić information content (AvgIpc) is 3.21. The minimum absolute atomic E-state index is 0.0717. The molecule has 0 saturated heterocycles. The monoisotopic (exact) mass is 370 g/mol. The quantitative estimate of drug-likeness (QED) is 0.627. The Morgan fingerprint density at radius 3 is 2.58 bits per heavy atom. The predicted molar refractivity (Wildman–Crippen MR) is 103 cm³/mol. The Balaban J connectivity index is 1.67. The van der Waals surface area contributed by atoms with Crippen molar-refractivity contribution in [1.82, 2.24) is 20.0 Å². The van der Waals surface area contributed by atoms with Crippen LogP contribution in [0.1, 0.15) is 25.1 Å². The third kappa shape index (κ3) is 4.29. The highest BCUT2D eigenvalue weighted by molar-refractivity contribution is 7.15. The normalized spacial score (nSPS) is 10.8. The van der Waals surface area contributed by atoms with Gasteiger partial charge in [-0.1, -0.05) is 31.2 Å². The molecular formula is C19H22N4O2S. The number of carbonyl (C=O) groups is 2. The molecule has 0 atom stereocenters. The maximum absolute atomic E-state index is 12.1. The summed E-state index contributed by atoms with van der Waals surface area (Å²) in [5.74, 6) is -0.172. The first-order valence-electron chi connectivity index (χ1n) is 8.62. The number of hydrogen-bond donors (Lipinski definition) is 2. The van der Waals surface area contributed by atoms with Crippen molar-refractivity contribution in [2.45, 2.75) is 26.7 Å². The van der Waals surface area contributed by atoms with Crippen molar-refractivity contribution in [3.05, 3.63) is 47.1 Å². The van der Waals surface area contributed by atoms with Crippen LogP contribution < -0.4 is 10.6 Å². The number of thiazole rings is 1. The molecule has 136 valence electrons. The summed E-state index contributed by atoms with van der Waals surface area (Å²) in [7, 11) is 0. The van der Waals surface area contributed by atoms with Crippen molar-refractivity contribution in [1.29, 1.82) is 0 Å². The molecule has 2 amide bonds. The van der Waals surface area contributed by atoms with Gasteiger partial charge in [-0.05, 0) is 12.0 Å². The molecule has 0 saturated carbocycles. The Morgan fingerprint density at radius 2 is 1.88 bits per heavy atom. The number of aryl methyl sites for hydroxylation is 1. The number of imidazole rings is 1. The summed E-state index contributed by atoms with van der Waals surface area (Å²) in [6, 6.07) is 8.40. The van der Waals surface area contributed by atoms with Crippen molar-refractivity contribution >= 4 is 28.1 Å². The fraction of sp³-hybridized carbons (Fsp3) is 0.316. The molecule has 0 bridgehead atoms. The Labute approximate surface area is 156 Å². The number of fused-ring (bicyclic) bond motifs is 1. The zero-order valence-corrected chi connectivity index (χ0v) is 15.7. The van der Waals surface area contributed by atoms with Crippen LogP contribution >= 0.6 is 11.3 Å². The van der Waals surface area contributed by atoms with Gasteiger partial charge in [-0.3, -0.25) is 14.0 Å². The van der Waals surface area contributed by atoms with E-state index >= 15 is 0 Å². The molecule has 0 spiro atoms. The summed E-state index contributed by atoms with van der Waals surface area (Å²) in [4.78, 5) is 28.4. The Hall–Kier alpha value is -2.67. The standard InChI is InChI=1S/C19H22N4O2S/c1-3-14-4-6-15(7-5-14)17-11-23-16(12-26-19(23)22-17)10-18(25)21-9-8-20-13(2)24/h4-7,11-12H,3,8-10H2,1-2H3,(H,20,24)(H,21,25). The molecule has 0 aliphatic heterocycles. The molecule has 3 rings (SSSR count). The fourth-order valence-corrected chi connectivity index (χ4v) is 3.55. The van der Waals surface area contributed by atoms with Gasteiger partial charge < -0.3 is 10.6 Å². The topological polar surface area (TPSA) is 75.5 Å². The third-order valence-corrected chi connectivity index (χ3v) is 4.99. The maximum Gasteiger partial charge on any atom is 0.226 e. The van der Waals surface area contributed by atoms with Gasteiger partial charge in [0.2, 0.25) is 11.8 Å². The summed E-state index contributed by atoms with van der Waals surface area (Å²) in [5, 5.41) is 7.42. The number of carbonyl (C=O) groups excluding carboxylic acids is 2. The van der Waals surface area contributed by atoms with Gasteiger partial charge in [-0.2, -0.15) is 0 Å². The van der Waals surface area contributed by atoms with Gasteiger partial charge in [-0.15, -0.1) is 11.3 Å². The van der Waals surface area contributed by atoms with E-state index in [1.165, 1.54) is 23.8 Å². The number of amides is 2. The molecule has 26 heavy (non-hydrogen) atoms. The van der Waals surface area contributed by atoms with E-state index in [-0.39, 0.29) is 18.2 Å². The molecule has 7 heteroatoms. The van der Waals surface area contributed by atoms with Crippen LogP contribution in [-0.4, -0.2) is 34.3 Å². The third-order valence-electron chi connectivity index (χ3n) is 4.10. The lowest BCUT2D eigenvalue weighted by atomic mass is 10.1. The van der Waals surface area contributed by atoms with Crippen LogP contribution in [-0.2, 0) is 22.4 Å². The molecule has 2 aromatic heterocycles. The minimum Gasteiger partial charge on any atom is -0.355 e. The van der Waals surface area contributed by atoms with E-state index in [9.17, 15) is 9.59 Å². The maximum atomic E-state index is 12.1. The van der Waals surface area contributed by atoms with Crippen LogP contribution in [0.4, 0.5) is 0 Å². The summed E-state index contributed by atoms with van der Waals surface area (Å²) in [5.41, 5.74) is 4.19. The van der Waals surface area contributed by atoms with Gasteiger partial charge in [0.05, 0.1) is 12.1 Å². The summed E-state index contributed by atoms with van der Waals surface area (Å²) < 4.78 is 1.97. The van der Waals surface area contributed by atoms with Crippen molar-refractivity contribution < 1.29 is 9.59 Å². The fourth-order valence-electron chi connectivity index (χ4n) is 2.67. The van der Waals surface area contributed by atoms with Crippen LogP contribution in [0.3, 0.4) is 0 Å². The Bertz CT molecular complexity index is 911. The highest BCUT2D eigenvalue weighted by Gasteiger charge is 2.12. The predicted octanol–water partition coefficient (Wildman–Crippen LogP) is 2.42. The number of hydrogen-bond acceptors (Lipinski definition) is 4. The number of benzene rings is 1. The average molecular weight is 370 g/mol. The molecule has 0 fully saturated rings. The van der Waals surface area contributed by atoms with E-state index in [4.69, 9.17) is 0 Å². The molecule has 0 radical (unpaired) electrons. The van der Waals surface area contributed by atoms with E-state index < -0.39 is 0 Å². The van der Waals surface area contributed by atoms with Crippen LogP contribution in [0.15, 0.2) is 35.8 Å². The highest BCUT2D eigenvalue weighted by atomic mass is 32.1. The molecule has 0 unspecified atom stereocenters. The second kappa shape index (κ2) is 8.14. The lowest BCUT2D eigenvalue weighted by Crippen LogP contribution is -2.34.